The van der Waals surface area contributed by atoms with E-state index >= 15 is 0 Å². The molecule has 0 heterocycles. The van der Waals surface area contributed by atoms with Gasteiger partial charge in [0.05, 0.1) is 0 Å². The van der Waals surface area contributed by atoms with E-state index in [2.05, 4.69) is 13.2 Å². The SMILES string of the molecule is C=C/C=C(/C)C(=C)F.CC.CC. The van der Waals surface area contributed by atoms with Gasteiger partial charge in [-0.2, -0.15) is 0 Å². The molecule has 0 aliphatic rings. The summed E-state index contributed by atoms with van der Waals surface area (Å²) >= 11 is 0. The number of rotatable bonds is 2. The van der Waals surface area contributed by atoms with Crippen LogP contribution in [0, 0.1) is 0 Å². The standard InChI is InChI=1S/C7H9F.2C2H6/c1-4-5-6(2)7(3)8;2*1-2/h4-5H,1,3H2,2H3;2*1-2H3/b6-5-;;. The van der Waals surface area contributed by atoms with Crippen LogP contribution in [0.5, 0.6) is 0 Å². The van der Waals surface area contributed by atoms with E-state index < -0.39 is 5.83 Å². The van der Waals surface area contributed by atoms with Crippen LogP contribution in [0.3, 0.4) is 0 Å². The first-order valence-electron chi connectivity index (χ1n) is 4.32. The molecule has 0 aromatic carbocycles. The third-order valence-electron chi connectivity index (χ3n) is 0.796. The minimum Gasteiger partial charge on any atom is -0.207 e. The normalized spacial score (nSPS) is 8.33. The zero-order valence-corrected chi connectivity index (χ0v) is 8.95. The highest BCUT2D eigenvalue weighted by Gasteiger charge is 1.87. The van der Waals surface area contributed by atoms with Crippen LogP contribution in [0.2, 0.25) is 0 Å². The van der Waals surface area contributed by atoms with E-state index in [0.717, 1.165) is 0 Å². The Bertz CT molecular complexity index is 132. The maximum absolute atomic E-state index is 12.0. The monoisotopic (exact) mass is 172 g/mol. The van der Waals surface area contributed by atoms with Gasteiger partial charge < -0.3 is 0 Å². The molecule has 0 aromatic heterocycles. The van der Waals surface area contributed by atoms with E-state index in [1.807, 2.05) is 27.7 Å². The summed E-state index contributed by atoms with van der Waals surface area (Å²) in [6.45, 7) is 16.1. The lowest BCUT2D eigenvalue weighted by Gasteiger charge is -1.88. The molecule has 0 rings (SSSR count). The predicted octanol–water partition coefficient (Wildman–Crippen LogP) is 4.65. The molecule has 0 bridgehead atoms. The Balaban J connectivity index is -0.000000175. The average Bonchev–Trinajstić information content (AvgIpc) is 2.12. The van der Waals surface area contributed by atoms with Crippen molar-refractivity contribution in [3.8, 4) is 0 Å². The molecule has 0 saturated carbocycles. The van der Waals surface area contributed by atoms with Gasteiger partial charge in [-0.3, -0.25) is 0 Å². The number of allylic oxidation sites excluding steroid dienone is 4. The minimum atomic E-state index is -0.398. The molecule has 0 aliphatic carbocycles. The van der Waals surface area contributed by atoms with Gasteiger partial charge in [-0.15, -0.1) is 0 Å². The van der Waals surface area contributed by atoms with E-state index in [1.54, 1.807) is 13.0 Å². The van der Waals surface area contributed by atoms with Gasteiger partial charge in [0.2, 0.25) is 0 Å². The van der Waals surface area contributed by atoms with Crippen molar-refractivity contribution in [2.45, 2.75) is 34.6 Å². The number of hydrogen-bond donors (Lipinski definition) is 0. The first-order valence-corrected chi connectivity index (χ1v) is 4.32. The molecule has 0 unspecified atom stereocenters. The summed E-state index contributed by atoms with van der Waals surface area (Å²) < 4.78 is 12.0. The Kier molecular flexibility index (Phi) is 24.0. The fourth-order valence-electron chi connectivity index (χ4n) is 0.267. The molecule has 0 N–H and O–H groups in total. The summed E-state index contributed by atoms with van der Waals surface area (Å²) in [7, 11) is 0. The van der Waals surface area contributed by atoms with Crippen LogP contribution in [0.15, 0.2) is 36.7 Å². The molecular formula is C11H21F. The maximum Gasteiger partial charge on any atom is 0.118 e. The Labute approximate surface area is 76.5 Å². The topological polar surface area (TPSA) is 0 Å². The molecule has 0 radical (unpaired) electrons. The van der Waals surface area contributed by atoms with Gasteiger partial charge in [0.1, 0.15) is 5.83 Å². The molecular weight excluding hydrogens is 151 g/mol. The Morgan fingerprint density at radius 1 is 1.17 bits per heavy atom. The highest BCUT2D eigenvalue weighted by atomic mass is 19.1. The zero-order valence-electron chi connectivity index (χ0n) is 8.95. The van der Waals surface area contributed by atoms with Gasteiger partial charge in [0.25, 0.3) is 0 Å². The highest BCUT2D eigenvalue weighted by Crippen LogP contribution is 2.05. The Morgan fingerprint density at radius 2 is 1.50 bits per heavy atom. The van der Waals surface area contributed by atoms with E-state index in [1.165, 1.54) is 6.08 Å². The summed E-state index contributed by atoms with van der Waals surface area (Å²) in [6, 6.07) is 0. The van der Waals surface area contributed by atoms with Gasteiger partial charge >= 0.3 is 0 Å². The summed E-state index contributed by atoms with van der Waals surface area (Å²) in [4.78, 5) is 0. The van der Waals surface area contributed by atoms with Gasteiger partial charge in [-0.1, -0.05) is 53.0 Å². The summed E-state index contributed by atoms with van der Waals surface area (Å²) in [5, 5.41) is 0. The van der Waals surface area contributed by atoms with Crippen molar-refractivity contribution < 1.29 is 4.39 Å². The highest BCUT2D eigenvalue weighted by molar-refractivity contribution is 5.23. The summed E-state index contributed by atoms with van der Waals surface area (Å²) in [5.41, 5.74) is 0.528. The smallest absolute Gasteiger partial charge is 0.118 e. The number of hydrogen-bond acceptors (Lipinski definition) is 0. The summed E-state index contributed by atoms with van der Waals surface area (Å²) in [5.74, 6) is -0.398. The third kappa shape index (κ3) is 16.1. The van der Waals surface area contributed by atoms with Crippen LogP contribution in [0.4, 0.5) is 4.39 Å². The average molecular weight is 172 g/mol. The molecule has 0 nitrogen and oxygen atoms in total. The fraction of sp³-hybridized carbons (Fsp3) is 0.455. The lowest BCUT2D eigenvalue weighted by molar-refractivity contribution is 0.656. The van der Waals surface area contributed by atoms with Gasteiger partial charge in [-0.25, -0.2) is 4.39 Å². The van der Waals surface area contributed by atoms with E-state index in [0.29, 0.717) is 5.57 Å². The quantitative estimate of drug-likeness (QED) is 0.532. The molecule has 0 spiro atoms. The Hall–Kier alpha value is -0.850. The van der Waals surface area contributed by atoms with Crippen molar-refractivity contribution in [3.05, 3.63) is 36.7 Å². The van der Waals surface area contributed by atoms with Crippen molar-refractivity contribution in [2.75, 3.05) is 0 Å². The largest absolute Gasteiger partial charge is 0.207 e. The Morgan fingerprint density at radius 3 is 1.58 bits per heavy atom. The molecule has 1 heteroatoms. The van der Waals surface area contributed by atoms with E-state index in [4.69, 9.17) is 0 Å². The molecule has 72 valence electrons. The van der Waals surface area contributed by atoms with Crippen LogP contribution in [-0.4, -0.2) is 0 Å². The molecule has 0 fully saturated rings. The second kappa shape index (κ2) is 16.6. The van der Waals surface area contributed by atoms with Crippen molar-refractivity contribution in [3.63, 3.8) is 0 Å². The van der Waals surface area contributed by atoms with Gasteiger partial charge in [0.15, 0.2) is 0 Å². The minimum absolute atomic E-state index is 0.398. The van der Waals surface area contributed by atoms with Crippen LogP contribution in [0.25, 0.3) is 0 Å². The molecule has 12 heavy (non-hydrogen) atoms. The van der Waals surface area contributed by atoms with E-state index in [-0.39, 0.29) is 0 Å². The van der Waals surface area contributed by atoms with Crippen LogP contribution in [0.1, 0.15) is 34.6 Å². The second-order valence-electron chi connectivity index (χ2n) is 1.49. The molecule has 0 atom stereocenters. The first kappa shape index (κ1) is 17.3. The molecule has 0 aromatic rings. The van der Waals surface area contributed by atoms with Crippen molar-refractivity contribution in [1.29, 1.82) is 0 Å². The fourth-order valence-corrected chi connectivity index (χ4v) is 0.267. The van der Waals surface area contributed by atoms with Crippen LogP contribution < -0.4 is 0 Å². The summed E-state index contributed by atoms with van der Waals surface area (Å²) in [6.07, 6.45) is 3.10. The molecule has 0 aliphatic heterocycles. The van der Waals surface area contributed by atoms with E-state index in [9.17, 15) is 4.39 Å². The van der Waals surface area contributed by atoms with Crippen molar-refractivity contribution >= 4 is 0 Å². The first-order chi connectivity index (χ1) is 5.68. The lowest BCUT2D eigenvalue weighted by atomic mass is 10.3. The van der Waals surface area contributed by atoms with Crippen molar-refractivity contribution in [1.82, 2.24) is 0 Å². The second-order valence-corrected chi connectivity index (χ2v) is 1.49. The predicted molar refractivity (Wildman–Crippen MR) is 56.9 cm³/mol. The van der Waals surface area contributed by atoms with Gasteiger partial charge in [-0.05, 0) is 12.5 Å². The number of halogens is 1. The maximum atomic E-state index is 12.0. The van der Waals surface area contributed by atoms with Crippen LogP contribution >= 0.6 is 0 Å². The molecule has 0 amide bonds. The third-order valence-corrected chi connectivity index (χ3v) is 0.796. The van der Waals surface area contributed by atoms with Gasteiger partial charge in [0, 0.05) is 0 Å². The zero-order chi connectivity index (χ0) is 10.6. The lowest BCUT2D eigenvalue weighted by Crippen LogP contribution is -1.70. The van der Waals surface area contributed by atoms with Crippen LogP contribution in [-0.2, 0) is 0 Å². The molecule has 0 saturated heterocycles. The van der Waals surface area contributed by atoms with Crippen molar-refractivity contribution in [2.24, 2.45) is 0 Å².